The Morgan fingerprint density at radius 1 is 0.650 bits per heavy atom. The summed E-state index contributed by atoms with van der Waals surface area (Å²) in [6.07, 6.45) is 5.37. The third kappa shape index (κ3) is 52.0. The number of hydrogen-bond acceptors (Lipinski definition) is 0. The van der Waals surface area contributed by atoms with Gasteiger partial charge in [-0.05, 0) is 29.6 Å². The van der Waals surface area contributed by atoms with Crippen LogP contribution in [0.4, 0.5) is 0 Å². The van der Waals surface area contributed by atoms with Gasteiger partial charge < -0.3 is 0 Å². The van der Waals surface area contributed by atoms with Crippen LogP contribution in [0.15, 0.2) is 0 Å². The van der Waals surface area contributed by atoms with Crippen LogP contribution in [0.3, 0.4) is 0 Å². The summed E-state index contributed by atoms with van der Waals surface area (Å²) in [6, 6.07) is 0. The molecule has 0 bridgehead atoms. The molecule has 0 spiro atoms. The molecule has 0 atom stereocenters. The molecule has 0 unspecified atom stereocenters. The Morgan fingerprint density at radius 2 is 0.950 bits per heavy atom. The van der Waals surface area contributed by atoms with Crippen molar-refractivity contribution in [3.8, 4) is 0 Å². The van der Waals surface area contributed by atoms with Gasteiger partial charge in [-0.15, -0.1) is 0 Å². The monoisotopic (exact) mass is 288 g/mol. The van der Waals surface area contributed by atoms with Crippen LogP contribution in [0.25, 0.3) is 0 Å². The second kappa shape index (κ2) is 17.1. The molecule has 0 saturated heterocycles. The zero-order chi connectivity index (χ0) is 17.4. The third-order valence-electron chi connectivity index (χ3n) is 2.47. The summed E-state index contributed by atoms with van der Waals surface area (Å²) in [5.74, 6) is 0.865. The van der Waals surface area contributed by atoms with E-state index in [1.54, 1.807) is 0 Å². The van der Waals surface area contributed by atoms with E-state index in [4.69, 9.17) is 0 Å². The molecule has 0 amide bonds. The van der Waals surface area contributed by atoms with Crippen molar-refractivity contribution in [2.45, 2.75) is 116 Å². The fraction of sp³-hybridized carbons (Fsp3) is 1.00. The van der Waals surface area contributed by atoms with E-state index < -0.39 is 0 Å². The van der Waals surface area contributed by atoms with Gasteiger partial charge >= 0.3 is 0 Å². The van der Waals surface area contributed by atoms with Gasteiger partial charge in [0.25, 0.3) is 0 Å². The van der Waals surface area contributed by atoms with Gasteiger partial charge in [0, 0.05) is 0 Å². The van der Waals surface area contributed by atoms with Crippen molar-refractivity contribution in [3.63, 3.8) is 0 Å². The molecule has 20 heavy (non-hydrogen) atoms. The van der Waals surface area contributed by atoms with E-state index >= 15 is 0 Å². The Bertz CT molecular complexity index is 140. The molecule has 0 aromatic heterocycles. The molecular weight excluding hydrogens is 240 g/mol. The van der Waals surface area contributed by atoms with Gasteiger partial charge in [-0.3, -0.25) is 0 Å². The molecule has 0 heteroatoms. The molecule has 0 aliphatic heterocycles. The van der Waals surface area contributed by atoms with E-state index in [2.05, 4.69) is 62.3 Å². The highest BCUT2D eigenvalue weighted by Gasteiger charge is 2.09. The smallest absolute Gasteiger partial charge is 0.0383 e. The van der Waals surface area contributed by atoms with Crippen molar-refractivity contribution in [2.24, 2.45) is 16.7 Å². The summed E-state index contributed by atoms with van der Waals surface area (Å²) in [4.78, 5) is 0. The van der Waals surface area contributed by atoms with Crippen molar-refractivity contribution in [1.82, 2.24) is 0 Å². The first-order valence-corrected chi connectivity index (χ1v) is 8.98. The quantitative estimate of drug-likeness (QED) is 0.489. The van der Waals surface area contributed by atoms with Gasteiger partial charge in [0.15, 0.2) is 0 Å². The molecule has 0 heterocycles. The Labute approximate surface area is 133 Å². The molecule has 0 aliphatic carbocycles. The molecule has 0 aliphatic rings. The fourth-order valence-electron chi connectivity index (χ4n) is 1.47. The molecule has 128 valence electrons. The van der Waals surface area contributed by atoms with Crippen LogP contribution >= 0.6 is 0 Å². The van der Waals surface area contributed by atoms with Crippen LogP contribution in [0.5, 0.6) is 0 Å². The van der Waals surface area contributed by atoms with Crippen LogP contribution in [-0.2, 0) is 0 Å². The minimum absolute atomic E-state index is 0.532. The lowest BCUT2D eigenvalue weighted by atomic mass is 9.88. The SMILES string of the molecule is CC.CC.CC(C)CCC(C)(C)C.CCCC(C)(C)C. The summed E-state index contributed by atoms with van der Waals surface area (Å²) in [5.41, 5.74) is 1.08. The predicted octanol–water partition coefficient (Wildman–Crippen LogP) is 8.35. The molecule has 0 aromatic rings. The van der Waals surface area contributed by atoms with E-state index in [0.29, 0.717) is 10.8 Å². The van der Waals surface area contributed by atoms with Crippen molar-refractivity contribution in [1.29, 1.82) is 0 Å². The molecule has 0 N–H and O–H groups in total. The lowest BCUT2D eigenvalue weighted by Crippen LogP contribution is -2.05. The van der Waals surface area contributed by atoms with Gasteiger partial charge in [0.2, 0.25) is 0 Å². The van der Waals surface area contributed by atoms with E-state index in [1.807, 2.05) is 27.7 Å². The van der Waals surface area contributed by atoms with Crippen LogP contribution < -0.4 is 0 Å². The number of rotatable bonds is 3. The molecular formula is C20H48. The van der Waals surface area contributed by atoms with Gasteiger partial charge in [0.05, 0.1) is 0 Å². The maximum atomic E-state index is 2.30. The van der Waals surface area contributed by atoms with E-state index in [1.165, 1.54) is 25.7 Å². The summed E-state index contributed by atoms with van der Waals surface area (Å²) in [7, 11) is 0. The zero-order valence-electron chi connectivity index (χ0n) is 17.4. The first kappa shape index (κ1) is 28.2. The first-order valence-electron chi connectivity index (χ1n) is 8.98. The van der Waals surface area contributed by atoms with Gasteiger partial charge in [-0.2, -0.15) is 0 Å². The topological polar surface area (TPSA) is 0 Å². The molecule has 0 fully saturated rings. The lowest BCUT2D eigenvalue weighted by molar-refractivity contribution is 0.338. The highest BCUT2D eigenvalue weighted by Crippen LogP contribution is 2.22. The number of hydrogen-bond donors (Lipinski definition) is 0. The highest BCUT2D eigenvalue weighted by molar-refractivity contribution is 4.61. The van der Waals surface area contributed by atoms with E-state index in [9.17, 15) is 0 Å². The third-order valence-corrected chi connectivity index (χ3v) is 2.47. The van der Waals surface area contributed by atoms with Crippen molar-refractivity contribution >= 4 is 0 Å². The van der Waals surface area contributed by atoms with Crippen LogP contribution in [-0.4, -0.2) is 0 Å². The second-order valence-electron chi connectivity index (χ2n) is 7.80. The summed E-state index contributed by atoms with van der Waals surface area (Å²) < 4.78 is 0. The van der Waals surface area contributed by atoms with Gasteiger partial charge in [0.1, 0.15) is 0 Å². The van der Waals surface area contributed by atoms with E-state index in [-0.39, 0.29) is 0 Å². The Balaban J connectivity index is -0.000000104. The Kier molecular flexibility index (Phi) is 24.0. The van der Waals surface area contributed by atoms with Crippen LogP contribution in [0.1, 0.15) is 116 Å². The summed E-state index contributed by atoms with van der Waals surface area (Å²) in [5, 5.41) is 0. The lowest BCUT2D eigenvalue weighted by Gasteiger charge is -2.18. The van der Waals surface area contributed by atoms with Gasteiger partial charge in [-0.1, -0.05) is 103 Å². The largest absolute Gasteiger partial charge is 0.0683 e. The van der Waals surface area contributed by atoms with Crippen molar-refractivity contribution in [3.05, 3.63) is 0 Å². The normalized spacial score (nSPS) is 10.5. The molecule has 0 nitrogen and oxygen atoms in total. The van der Waals surface area contributed by atoms with E-state index in [0.717, 1.165) is 5.92 Å². The first-order chi connectivity index (χ1) is 8.98. The summed E-state index contributed by atoms with van der Waals surface area (Å²) >= 11 is 0. The maximum Gasteiger partial charge on any atom is -0.0383 e. The predicted molar refractivity (Wildman–Crippen MR) is 101 cm³/mol. The molecule has 0 rings (SSSR count). The highest BCUT2D eigenvalue weighted by atomic mass is 14.2. The van der Waals surface area contributed by atoms with Crippen LogP contribution in [0.2, 0.25) is 0 Å². The van der Waals surface area contributed by atoms with Gasteiger partial charge in [-0.25, -0.2) is 0 Å². The summed E-state index contributed by atoms with van der Waals surface area (Å²) in [6.45, 7) is 28.5. The molecule has 0 aromatic carbocycles. The minimum atomic E-state index is 0.532. The second-order valence-corrected chi connectivity index (χ2v) is 7.80. The maximum absolute atomic E-state index is 2.30. The van der Waals surface area contributed by atoms with Crippen LogP contribution in [0, 0.1) is 16.7 Å². The average Bonchev–Trinajstić information content (AvgIpc) is 2.30. The fourth-order valence-corrected chi connectivity index (χ4v) is 1.47. The molecule has 0 saturated carbocycles. The standard InChI is InChI=1S/C9H20.C7H16.2C2H6/c1-8(2)6-7-9(3,4)5;1-5-6-7(2,3)4;2*1-2/h8H,6-7H2,1-5H3;5-6H2,1-4H3;2*1-2H3. The zero-order valence-corrected chi connectivity index (χ0v) is 17.4. The van der Waals surface area contributed by atoms with Crippen molar-refractivity contribution in [2.75, 3.05) is 0 Å². The Hall–Kier alpha value is 0. The molecule has 0 radical (unpaired) electrons. The Morgan fingerprint density at radius 3 is 1.00 bits per heavy atom. The average molecular weight is 289 g/mol. The minimum Gasteiger partial charge on any atom is -0.0683 e. The van der Waals surface area contributed by atoms with Crippen molar-refractivity contribution < 1.29 is 0 Å².